The summed E-state index contributed by atoms with van der Waals surface area (Å²) in [6, 6.07) is 16.2. The molecule has 1 aromatic heterocycles. The van der Waals surface area contributed by atoms with Gasteiger partial charge in [-0.25, -0.2) is 4.68 Å². The second-order valence-electron chi connectivity index (χ2n) is 7.44. The summed E-state index contributed by atoms with van der Waals surface area (Å²) in [6.07, 6.45) is 1.83. The summed E-state index contributed by atoms with van der Waals surface area (Å²) in [7, 11) is 0. The van der Waals surface area contributed by atoms with Crippen molar-refractivity contribution >= 4 is 17.6 Å². The van der Waals surface area contributed by atoms with Crippen molar-refractivity contribution in [3.8, 4) is 11.4 Å². The number of hydrogen-bond donors (Lipinski definition) is 0. The number of hydrogen-bond acceptors (Lipinski definition) is 5. The number of aromatic nitrogens is 2. The molecule has 7 heteroatoms. The molecule has 3 aromatic rings. The van der Waals surface area contributed by atoms with Crippen LogP contribution in [-0.2, 0) is 4.79 Å². The molecule has 0 unspecified atom stereocenters. The van der Waals surface area contributed by atoms with Gasteiger partial charge in [-0.2, -0.15) is 5.10 Å². The molecular weight excluding hydrogens is 394 g/mol. The van der Waals surface area contributed by atoms with E-state index in [4.69, 9.17) is 4.74 Å². The summed E-state index contributed by atoms with van der Waals surface area (Å²) in [6.45, 7) is 3.36. The third-order valence-corrected chi connectivity index (χ3v) is 5.34. The number of rotatable bonds is 6. The number of imide groups is 1. The highest BCUT2D eigenvalue weighted by atomic mass is 16.5. The summed E-state index contributed by atoms with van der Waals surface area (Å²) >= 11 is 0. The Kier molecular flexibility index (Phi) is 5.66. The molecule has 2 amide bonds. The van der Waals surface area contributed by atoms with Crippen LogP contribution in [0.25, 0.3) is 5.69 Å². The molecule has 158 valence electrons. The van der Waals surface area contributed by atoms with Crippen LogP contribution in [0.1, 0.15) is 46.2 Å². The SMILES string of the molecule is CCC[C@@H]1Oc2ccccc2C(=O)N(CC(=O)c2cnn(-c3ccccc3)c2C)C1=O. The van der Waals surface area contributed by atoms with Gasteiger partial charge < -0.3 is 4.74 Å². The largest absolute Gasteiger partial charge is 0.480 e. The summed E-state index contributed by atoms with van der Waals surface area (Å²) in [5.41, 5.74) is 2.12. The summed E-state index contributed by atoms with van der Waals surface area (Å²) < 4.78 is 7.51. The van der Waals surface area contributed by atoms with Crippen LogP contribution in [0.2, 0.25) is 0 Å². The lowest BCUT2D eigenvalue weighted by Gasteiger charge is -2.21. The number of carbonyl (C=O) groups excluding carboxylic acids is 3. The summed E-state index contributed by atoms with van der Waals surface area (Å²) in [5.74, 6) is -1.01. The first kappa shape index (κ1) is 20.5. The van der Waals surface area contributed by atoms with Gasteiger partial charge in [0.05, 0.1) is 35.2 Å². The van der Waals surface area contributed by atoms with E-state index in [0.717, 1.165) is 10.6 Å². The highest BCUT2D eigenvalue weighted by molar-refractivity contribution is 6.12. The molecule has 0 N–H and O–H groups in total. The van der Waals surface area contributed by atoms with E-state index in [1.54, 1.807) is 35.9 Å². The molecule has 0 aliphatic carbocycles. The molecule has 0 radical (unpaired) electrons. The zero-order chi connectivity index (χ0) is 22.0. The zero-order valence-corrected chi connectivity index (χ0v) is 17.4. The monoisotopic (exact) mass is 417 g/mol. The van der Waals surface area contributed by atoms with Crippen LogP contribution < -0.4 is 4.74 Å². The van der Waals surface area contributed by atoms with Gasteiger partial charge in [0.15, 0.2) is 11.9 Å². The van der Waals surface area contributed by atoms with Crippen molar-refractivity contribution < 1.29 is 19.1 Å². The van der Waals surface area contributed by atoms with Crippen LogP contribution in [0.3, 0.4) is 0 Å². The predicted molar refractivity (Wildman–Crippen MR) is 114 cm³/mol. The van der Waals surface area contributed by atoms with E-state index in [0.29, 0.717) is 29.8 Å². The minimum Gasteiger partial charge on any atom is -0.480 e. The summed E-state index contributed by atoms with van der Waals surface area (Å²) in [5, 5.41) is 4.32. The molecule has 2 aromatic carbocycles. The Hall–Kier alpha value is -3.74. The standard InChI is InChI=1S/C24H23N3O4/c1-3-9-22-24(30)26(23(29)18-12-7-8-13-21(18)31-22)15-20(28)19-14-25-27(16(19)2)17-10-5-4-6-11-17/h4-8,10-14,22H,3,9,15H2,1-2H3/t22-/m0/s1. The smallest absolute Gasteiger partial charge is 0.270 e. The normalized spacial score (nSPS) is 15.9. The Bertz CT molecular complexity index is 1140. The van der Waals surface area contributed by atoms with Crippen molar-refractivity contribution in [1.82, 2.24) is 14.7 Å². The molecule has 1 atom stereocenters. The van der Waals surface area contributed by atoms with Gasteiger partial charge in [-0.3, -0.25) is 19.3 Å². The maximum Gasteiger partial charge on any atom is 0.270 e. The van der Waals surface area contributed by atoms with Gasteiger partial charge in [-0.05, 0) is 37.6 Å². The van der Waals surface area contributed by atoms with E-state index in [9.17, 15) is 14.4 Å². The predicted octanol–water partition coefficient (Wildman–Crippen LogP) is 3.59. The van der Waals surface area contributed by atoms with E-state index in [-0.39, 0.29) is 17.9 Å². The zero-order valence-electron chi connectivity index (χ0n) is 17.4. The van der Waals surface area contributed by atoms with Crippen LogP contribution in [0.5, 0.6) is 5.75 Å². The Labute approximate surface area is 180 Å². The maximum absolute atomic E-state index is 13.1. The Morgan fingerprint density at radius 2 is 1.77 bits per heavy atom. The quantitative estimate of drug-likeness (QED) is 0.452. The van der Waals surface area contributed by atoms with Gasteiger partial charge in [0.1, 0.15) is 5.75 Å². The number of nitrogens with zero attached hydrogens (tertiary/aromatic N) is 3. The number of fused-ring (bicyclic) bond motifs is 1. The Balaban J connectivity index is 1.64. The maximum atomic E-state index is 13.1. The molecule has 0 spiro atoms. The summed E-state index contributed by atoms with van der Waals surface area (Å²) in [4.78, 5) is 40.4. The first-order valence-electron chi connectivity index (χ1n) is 10.3. The van der Waals surface area contributed by atoms with E-state index >= 15 is 0 Å². The molecule has 0 fully saturated rings. The fourth-order valence-corrected chi connectivity index (χ4v) is 3.71. The average Bonchev–Trinajstić information content (AvgIpc) is 3.14. The highest BCUT2D eigenvalue weighted by Crippen LogP contribution is 2.27. The third kappa shape index (κ3) is 3.86. The van der Waals surface area contributed by atoms with Gasteiger partial charge >= 0.3 is 0 Å². The number of amides is 2. The molecule has 4 rings (SSSR count). The van der Waals surface area contributed by atoms with Crippen molar-refractivity contribution in [2.45, 2.75) is 32.8 Å². The van der Waals surface area contributed by atoms with Crippen LogP contribution in [0, 0.1) is 6.92 Å². The van der Waals surface area contributed by atoms with E-state index in [2.05, 4.69) is 5.10 Å². The lowest BCUT2D eigenvalue weighted by atomic mass is 10.1. The number of Topliss-reactive ketones (excluding diaryl/α,β-unsaturated/α-hetero) is 1. The van der Waals surface area contributed by atoms with Crippen LogP contribution in [0.4, 0.5) is 0 Å². The molecule has 0 bridgehead atoms. The van der Waals surface area contributed by atoms with Crippen molar-refractivity contribution in [3.63, 3.8) is 0 Å². The second kappa shape index (κ2) is 8.55. The molecule has 1 aliphatic rings. The van der Waals surface area contributed by atoms with Crippen molar-refractivity contribution in [2.24, 2.45) is 0 Å². The van der Waals surface area contributed by atoms with Crippen molar-refractivity contribution in [3.05, 3.63) is 77.6 Å². The first-order chi connectivity index (χ1) is 15.0. The molecule has 0 saturated heterocycles. The minimum absolute atomic E-state index is 0.277. The van der Waals surface area contributed by atoms with E-state index in [1.807, 2.05) is 37.3 Å². The lowest BCUT2D eigenvalue weighted by Crippen LogP contribution is -2.45. The molecule has 0 saturated carbocycles. The van der Waals surface area contributed by atoms with Gasteiger partial charge in [-0.1, -0.05) is 43.7 Å². The fourth-order valence-electron chi connectivity index (χ4n) is 3.71. The van der Waals surface area contributed by atoms with Gasteiger partial charge in [-0.15, -0.1) is 0 Å². The third-order valence-electron chi connectivity index (χ3n) is 5.34. The number of ketones is 1. The average molecular weight is 417 g/mol. The van der Waals surface area contributed by atoms with Crippen molar-refractivity contribution in [2.75, 3.05) is 6.54 Å². The topological polar surface area (TPSA) is 81.5 Å². The van der Waals surface area contributed by atoms with Crippen molar-refractivity contribution in [1.29, 1.82) is 0 Å². The van der Waals surface area contributed by atoms with Gasteiger partial charge in [0.2, 0.25) is 0 Å². The number of para-hydroxylation sites is 2. The first-order valence-corrected chi connectivity index (χ1v) is 10.3. The Morgan fingerprint density at radius 1 is 1.06 bits per heavy atom. The Morgan fingerprint density at radius 3 is 2.52 bits per heavy atom. The molecule has 7 nitrogen and oxygen atoms in total. The number of ether oxygens (including phenoxy) is 1. The molecule has 31 heavy (non-hydrogen) atoms. The van der Waals surface area contributed by atoms with Gasteiger partial charge in [0.25, 0.3) is 11.8 Å². The molecule has 1 aliphatic heterocycles. The van der Waals surface area contributed by atoms with E-state index < -0.39 is 17.9 Å². The highest BCUT2D eigenvalue weighted by Gasteiger charge is 2.37. The minimum atomic E-state index is -0.807. The van der Waals surface area contributed by atoms with Gasteiger partial charge in [0, 0.05) is 0 Å². The fraction of sp³-hybridized carbons (Fsp3) is 0.250. The van der Waals surface area contributed by atoms with Crippen LogP contribution >= 0.6 is 0 Å². The van der Waals surface area contributed by atoms with E-state index in [1.165, 1.54) is 6.20 Å². The number of benzene rings is 2. The molecular formula is C24H23N3O4. The van der Waals surface area contributed by atoms with Crippen LogP contribution in [0.15, 0.2) is 60.8 Å². The second-order valence-corrected chi connectivity index (χ2v) is 7.44. The van der Waals surface area contributed by atoms with Crippen LogP contribution in [-0.4, -0.2) is 44.9 Å². The molecule has 2 heterocycles. The lowest BCUT2D eigenvalue weighted by molar-refractivity contribution is -0.135. The number of carbonyl (C=O) groups is 3.